The predicted octanol–water partition coefficient (Wildman–Crippen LogP) is 3.30. The normalized spacial score (nSPS) is 14.8. The number of carbonyl (C=O) groups is 2. The number of aryl methyl sites for hydroxylation is 1. The summed E-state index contributed by atoms with van der Waals surface area (Å²) in [6.45, 7) is 1.62. The van der Waals surface area contributed by atoms with Gasteiger partial charge in [0, 0.05) is 16.7 Å². The van der Waals surface area contributed by atoms with Crippen molar-refractivity contribution in [3.05, 3.63) is 70.5 Å². The first-order valence-corrected chi connectivity index (χ1v) is 6.03. The van der Waals surface area contributed by atoms with E-state index in [1.807, 2.05) is 0 Å². The molecule has 0 spiro atoms. The number of hydrogen-bond donors (Lipinski definition) is 0. The number of ketones is 2. The van der Waals surface area contributed by atoms with Crippen LogP contribution >= 0.6 is 0 Å². The van der Waals surface area contributed by atoms with Crippen LogP contribution in [0.15, 0.2) is 42.5 Å². The van der Waals surface area contributed by atoms with E-state index in [0.29, 0.717) is 16.7 Å². The topological polar surface area (TPSA) is 34.1 Å². The number of Topliss-reactive ketones (excluding diaryl/α,β-unsaturated/α-hetero) is 2. The molecule has 0 fully saturated rings. The second kappa shape index (κ2) is 4.12. The molecule has 2 aromatic carbocycles. The molecule has 0 aromatic heterocycles. The molecule has 0 amide bonds. The third-order valence-corrected chi connectivity index (χ3v) is 3.52. The van der Waals surface area contributed by atoms with Gasteiger partial charge in [-0.05, 0) is 12.5 Å². The van der Waals surface area contributed by atoms with Gasteiger partial charge in [-0.25, -0.2) is 4.39 Å². The van der Waals surface area contributed by atoms with Crippen molar-refractivity contribution in [1.29, 1.82) is 0 Å². The van der Waals surface area contributed by atoms with Crippen molar-refractivity contribution in [2.24, 2.45) is 0 Å². The number of halogens is 1. The van der Waals surface area contributed by atoms with E-state index in [4.69, 9.17) is 0 Å². The molecule has 1 aliphatic carbocycles. The van der Waals surface area contributed by atoms with Crippen molar-refractivity contribution in [1.82, 2.24) is 0 Å². The van der Waals surface area contributed by atoms with E-state index in [1.165, 1.54) is 6.07 Å². The van der Waals surface area contributed by atoms with E-state index in [-0.39, 0.29) is 17.1 Å². The summed E-state index contributed by atoms with van der Waals surface area (Å²) in [5, 5.41) is 0. The molecule has 19 heavy (non-hydrogen) atoms. The van der Waals surface area contributed by atoms with Crippen LogP contribution < -0.4 is 0 Å². The summed E-state index contributed by atoms with van der Waals surface area (Å²) < 4.78 is 14.1. The van der Waals surface area contributed by atoms with Crippen molar-refractivity contribution >= 4 is 11.6 Å². The molecule has 0 bridgehead atoms. The Morgan fingerprint density at radius 1 is 0.895 bits per heavy atom. The molecule has 0 atom stereocenters. The summed E-state index contributed by atoms with van der Waals surface area (Å²) in [7, 11) is 0. The lowest BCUT2D eigenvalue weighted by Gasteiger charge is -2.10. The van der Waals surface area contributed by atoms with Gasteiger partial charge in [-0.3, -0.25) is 9.59 Å². The zero-order chi connectivity index (χ0) is 13.6. The summed E-state index contributed by atoms with van der Waals surface area (Å²) >= 11 is 0. The maximum absolute atomic E-state index is 14.1. The second-order valence-corrected chi connectivity index (χ2v) is 4.69. The molecule has 2 nitrogen and oxygen atoms in total. The SMILES string of the molecule is Cc1cccc(C2C(=O)c3ccccc3C2=O)c1F. The molecule has 0 saturated carbocycles. The molecule has 1 aliphatic rings. The highest BCUT2D eigenvalue weighted by molar-refractivity contribution is 6.29. The van der Waals surface area contributed by atoms with Gasteiger partial charge >= 0.3 is 0 Å². The fraction of sp³-hybridized carbons (Fsp3) is 0.125. The number of benzene rings is 2. The van der Waals surface area contributed by atoms with E-state index in [0.717, 1.165) is 0 Å². The molecule has 3 heteroatoms. The Kier molecular flexibility index (Phi) is 2.56. The number of rotatable bonds is 1. The Hall–Kier alpha value is -2.29. The van der Waals surface area contributed by atoms with Gasteiger partial charge in [0.05, 0.1) is 0 Å². The first-order valence-electron chi connectivity index (χ1n) is 6.03. The van der Waals surface area contributed by atoms with Crippen LogP contribution in [0.5, 0.6) is 0 Å². The van der Waals surface area contributed by atoms with Crippen LogP contribution in [-0.4, -0.2) is 11.6 Å². The molecule has 94 valence electrons. The van der Waals surface area contributed by atoms with Gasteiger partial charge in [0.2, 0.25) is 0 Å². The van der Waals surface area contributed by atoms with Crippen LogP contribution in [0.1, 0.15) is 37.8 Å². The summed E-state index contributed by atoms with van der Waals surface area (Å²) in [5.74, 6) is -2.13. The number of hydrogen-bond acceptors (Lipinski definition) is 2. The van der Waals surface area contributed by atoms with Crippen molar-refractivity contribution in [3.8, 4) is 0 Å². The molecule has 3 rings (SSSR count). The number of fused-ring (bicyclic) bond motifs is 1. The first-order chi connectivity index (χ1) is 9.11. The van der Waals surface area contributed by atoms with Gasteiger partial charge in [0.25, 0.3) is 0 Å². The van der Waals surface area contributed by atoms with Gasteiger partial charge in [-0.2, -0.15) is 0 Å². The molecule has 0 aliphatic heterocycles. The van der Waals surface area contributed by atoms with Crippen molar-refractivity contribution < 1.29 is 14.0 Å². The summed E-state index contributed by atoms with van der Waals surface area (Å²) in [5.41, 5.74) is 1.39. The van der Waals surface area contributed by atoms with Crippen LogP contribution in [0.25, 0.3) is 0 Å². The highest BCUT2D eigenvalue weighted by Crippen LogP contribution is 2.35. The predicted molar refractivity (Wildman–Crippen MR) is 69.0 cm³/mol. The van der Waals surface area contributed by atoms with Gasteiger partial charge in [-0.1, -0.05) is 42.5 Å². The first kappa shape index (κ1) is 11.8. The molecular weight excluding hydrogens is 243 g/mol. The molecule has 0 heterocycles. The van der Waals surface area contributed by atoms with E-state index >= 15 is 0 Å². The fourth-order valence-electron chi connectivity index (χ4n) is 2.52. The Morgan fingerprint density at radius 3 is 2.05 bits per heavy atom. The Bertz CT molecular complexity index is 669. The zero-order valence-corrected chi connectivity index (χ0v) is 10.3. The van der Waals surface area contributed by atoms with E-state index in [1.54, 1.807) is 43.3 Å². The van der Waals surface area contributed by atoms with Crippen LogP contribution in [0, 0.1) is 12.7 Å². The van der Waals surface area contributed by atoms with Gasteiger partial charge in [-0.15, -0.1) is 0 Å². The molecule has 0 N–H and O–H groups in total. The minimum absolute atomic E-state index is 0.172. The van der Waals surface area contributed by atoms with Crippen LogP contribution in [0.4, 0.5) is 4.39 Å². The summed E-state index contributed by atoms with van der Waals surface area (Å²) in [6, 6.07) is 11.4. The third-order valence-electron chi connectivity index (χ3n) is 3.52. The minimum Gasteiger partial charge on any atom is -0.293 e. The van der Waals surface area contributed by atoms with Crippen molar-refractivity contribution in [2.45, 2.75) is 12.8 Å². The van der Waals surface area contributed by atoms with Gasteiger partial charge < -0.3 is 0 Å². The molecule has 2 aromatic rings. The van der Waals surface area contributed by atoms with Crippen LogP contribution in [0.3, 0.4) is 0 Å². The monoisotopic (exact) mass is 254 g/mol. The number of carbonyl (C=O) groups excluding carboxylic acids is 2. The third kappa shape index (κ3) is 1.62. The van der Waals surface area contributed by atoms with Gasteiger partial charge in [0.15, 0.2) is 11.6 Å². The zero-order valence-electron chi connectivity index (χ0n) is 10.3. The minimum atomic E-state index is -1.03. The Balaban J connectivity index is 2.17. The Labute approximate surface area is 109 Å². The Morgan fingerprint density at radius 2 is 1.47 bits per heavy atom. The lowest BCUT2D eigenvalue weighted by Crippen LogP contribution is -2.15. The molecule has 0 radical (unpaired) electrons. The van der Waals surface area contributed by atoms with Crippen molar-refractivity contribution in [3.63, 3.8) is 0 Å². The van der Waals surface area contributed by atoms with Gasteiger partial charge in [0.1, 0.15) is 11.7 Å². The average molecular weight is 254 g/mol. The average Bonchev–Trinajstić information content (AvgIpc) is 2.67. The fourth-order valence-corrected chi connectivity index (χ4v) is 2.52. The summed E-state index contributed by atoms with van der Waals surface area (Å²) in [6.07, 6.45) is 0. The quantitative estimate of drug-likeness (QED) is 0.732. The largest absolute Gasteiger partial charge is 0.293 e. The summed E-state index contributed by atoms with van der Waals surface area (Å²) in [4.78, 5) is 24.6. The molecule has 0 saturated heterocycles. The molecular formula is C16H11FO2. The highest BCUT2D eigenvalue weighted by Gasteiger charge is 2.40. The van der Waals surface area contributed by atoms with E-state index in [9.17, 15) is 14.0 Å². The lowest BCUT2D eigenvalue weighted by molar-refractivity contribution is 0.0888. The maximum Gasteiger partial charge on any atom is 0.178 e. The van der Waals surface area contributed by atoms with Crippen LogP contribution in [0.2, 0.25) is 0 Å². The highest BCUT2D eigenvalue weighted by atomic mass is 19.1. The van der Waals surface area contributed by atoms with E-state index in [2.05, 4.69) is 0 Å². The maximum atomic E-state index is 14.1. The lowest BCUT2D eigenvalue weighted by atomic mass is 9.92. The second-order valence-electron chi connectivity index (χ2n) is 4.69. The van der Waals surface area contributed by atoms with E-state index < -0.39 is 11.7 Å². The molecule has 0 unspecified atom stereocenters. The smallest absolute Gasteiger partial charge is 0.178 e. The standard InChI is InChI=1S/C16H11FO2/c1-9-5-4-8-12(14(9)17)13-15(18)10-6-2-3-7-11(10)16(13)19/h2-8,13H,1H3. The van der Waals surface area contributed by atoms with Crippen LogP contribution in [-0.2, 0) is 0 Å². The van der Waals surface area contributed by atoms with Crippen molar-refractivity contribution in [2.75, 3.05) is 0 Å².